The molecular formula is C17H16FN3. The molecule has 0 N–H and O–H groups in total. The highest BCUT2D eigenvalue weighted by Crippen LogP contribution is 2.33. The minimum absolute atomic E-state index is 0.259. The molecule has 0 saturated heterocycles. The first-order valence-corrected chi connectivity index (χ1v) is 6.92. The van der Waals surface area contributed by atoms with Gasteiger partial charge < -0.3 is 9.80 Å². The fourth-order valence-electron chi connectivity index (χ4n) is 2.70. The third kappa shape index (κ3) is 2.55. The van der Waals surface area contributed by atoms with Gasteiger partial charge in [-0.2, -0.15) is 5.26 Å². The molecule has 1 aliphatic rings. The van der Waals surface area contributed by atoms with Crippen LogP contribution in [-0.2, 0) is 6.54 Å². The number of fused-ring (bicyclic) bond motifs is 1. The van der Waals surface area contributed by atoms with E-state index in [4.69, 9.17) is 5.26 Å². The largest absolute Gasteiger partial charge is 0.371 e. The summed E-state index contributed by atoms with van der Waals surface area (Å²) >= 11 is 0. The summed E-state index contributed by atoms with van der Waals surface area (Å²) in [6.07, 6.45) is 0. The van der Waals surface area contributed by atoms with Gasteiger partial charge in [-0.15, -0.1) is 0 Å². The number of halogens is 1. The Hall–Kier alpha value is -2.54. The molecule has 2 aromatic rings. The maximum absolute atomic E-state index is 14.0. The SMILES string of the molecule is CN1CCN(Cc2cc(C#N)ccc2F)c2ccccc21. The Kier molecular flexibility index (Phi) is 3.49. The van der Waals surface area contributed by atoms with Crippen LogP contribution in [0.5, 0.6) is 0 Å². The molecule has 0 aliphatic carbocycles. The zero-order valence-electron chi connectivity index (χ0n) is 11.9. The molecule has 2 aromatic carbocycles. The summed E-state index contributed by atoms with van der Waals surface area (Å²) in [5.74, 6) is -0.259. The lowest BCUT2D eigenvalue weighted by molar-refractivity contribution is 0.601. The molecule has 0 saturated carbocycles. The predicted octanol–water partition coefficient (Wildman–Crippen LogP) is 3.15. The van der Waals surface area contributed by atoms with Crippen LogP contribution < -0.4 is 9.80 Å². The van der Waals surface area contributed by atoms with Crippen LogP contribution >= 0.6 is 0 Å². The van der Waals surface area contributed by atoms with E-state index in [0.29, 0.717) is 17.7 Å². The smallest absolute Gasteiger partial charge is 0.128 e. The van der Waals surface area contributed by atoms with E-state index in [2.05, 4.69) is 35.0 Å². The molecule has 106 valence electrons. The van der Waals surface area contributed by atoms with Crippen LogP contribution in [0.4, 0.5) is 15.8 Å². The lowest BCUT2D eigenvalue weighted by Gasteiger charge is -2.37. The Balaban J connectivity index is 1.93. The molecule has 0 fully saturated rings. The van der Waals surface area contributed by atoms with E-state index in [1.165, 1.54) is 12.1 Å². The van der Waals surface area contributed by atoms with Gasteiger partial charge in [0.05, 0.1) is 23.0 Å². The molecule has 0 atom stereocenters. The summed E-state index contributed by atoms with van der Waals surface area (Å²) < 4.78 is 14.0. The van der Waals surface area contributed by atoms with Crippen molar-refractivity contribution in [1.29, 1.82) is 5.26 Å². The first kappa shape index (κ1) is 13.4. The Morgan fingerprint density at radius 1 is 1.14 bits per heavy atom. The molecule has 3 rings (SSSR count). The summed E-state index contributed by atoms with van der Waals surface area (Å²) in [4.78, 5) is 4.36. The third-order valence-corrected chi connectivity index (χ3v) is 3.88. The number of rotatable bonds is 2. The summed E-state index contributed by atoms with van der Waals surface area (Å²) in [5, 5.41) is 8.96. The second kappa shape index (κ2) is 5.45. The van der Waals surface area contributed by atoms with E-state index in [9.17, 15) is 4.39 Å². The van der Waals surface area contributed by atoms with E-state index in [1.54, 1.807) is 6.07 Å². The molecule has 0 radical (unpaired) electrons. The molecule has 0 unspecified atom stereocenters. The number of nitrogens with zero attached hydrogens (tertiary/aromatic N) is 3. The first-order valence-electron chi connectivity index (χ1n) is 6.92. The molecule has 4 heteroatoms. The monoisotopic (exact) mass is 281 g/mol. The molecule has 0 aromatic heterocycles. The standard InChI is InChI=1S/C17H16FN3/c1-20-8-9-21(17-5-3-2-4-16(17)20)12-14-10-13(11-19)6-7-15(14)18/h2-7,10H,8-9,12H2,1H3. The molecule has 3 nitrogen and oxygen atoms in total. The zero-order chi connectivity index (χ0) is 14.8. The van der Waals surface area contributed by atoms with Crippen molar-refractivity contribution in [2.24, 2.45) is 0 Å². The van der Waals surface area contributed by atoms with Crippen molar-refractivity contribution in [3.8, 4) is 6.07 Å². The second-order valence-corrected chi connectivity index (χ2v) is 5.25. The minimum atomic E-state index is -0.259. The third-order valence-electron chi connectivity index (χ3n) is 3.88. The van der Waals surface area contributed by atoms with Crippen LogP contribution in [0.3, 0.4) is 0 Å². The quantitative estimate of drug-likeness (QED) is 0.847. The van der Waals surface area contributed by atoms with Gasteiger partial charge in [-0.25, -0.2) is 4.39 Å². The number of anilines is 2. The molecule has 0 spiro atoms. The van der Waals surface area contributed by atoms with Gasteiger partial charge in [0, 0.05) is 32.2 Å². The molecule has 21 heavy (non-hydrogen) atoms. The van der Waals surface area contributed by atoms with Crippen molar-refractivity contribution in [3.05, 3.63) is 59.4 Å². The van der Waals surface area contributed by atoms with Crippen molar-refractivity contribution in [2.75, 3.05) is 29.9 Å². The molecule has 0 amide bonds. The van der Waals surface area contributed by atoms with Crippen LogP contribution in [0.15, 0.2) is 42.5 Å². The summed E-state index contributed by atoms with van der Waals surface area (Å²) in [6.45, 7) is 2.21. The first-order chi connectivity index (χ1) is 10.2. The van der Waals surface area contributed by atoms with Crippen molar-refractivity contribution in [3.63, 3.8) is 0 Å². The highest BCUT2D eigenvalue weighted by Gasteiger charge is 2.20. The number of hydrogen-bond donors (Lipinski definition) is 0. The highest BCUT2D eigenvalue weighted by atomic mass is 19.1. The van der Waals surface area contributed by atoms with E-state index < -0.39 is 0 Å². The average molecular weight is 281 g/mol. The maximum Gasteiger partial charge on any atom is 0.128 e. The number of nitriles is 1. The van der Waals surface area contributed by atoms with E-state index >= 15 is 0 Å². The van der Waals surface area contributed by atoms with Crippen LogP contribution in [-0.4, -0.2) is 20.1 Å². The average Bonchev–Trinajstić information content (AvgIpc) is 2.52. The van der Waals surface area contributed by atoms with Gasteiger partial charge in [-0.1, -0.05) is 12.1 Å². The van der Waals surface area contributed by atoms with Gasteiger partial charge in [-0.05, 0) is 30.3 Å². The Morgan fingerprint density at radius 3 is 2.67 bits per heavy atom. The molecular weight excluding hydrogens is 265 g/mol. The number of benzene rings is 2. The molecule has 1 aliphatic heterocycles. The van der Waals surface area contributed by atoms with Gasteiger partial charge in [0.2, 0.25) is 0 Å². The summed E-state index contributed by atoms with van der Waals surface area (Å²) in [7, 11) is 2.06. The molecule has 0 bridgehead atoms. The highest BCUT2D eigenvalue weighted by molar-refractivity contribution is 5.73. The summed E-state index contributed by atoms with van der Waals surface area (Å²) in [6, 6.07) is 14.7. The van der Waals surface area contributed by atoms with E-state index in [1.807, 2.05) is 12.1 Å². The van der Waals surface area contributed by atoms with Gasteiger partial charge >= 0.3 is 0 Å². The van der Waals surface area contributed by atoms with Gasteiger partial charge in [0.1, 0.15) is 5.82 Å². The van der Waals surface area contributed by atoms with E-state index in [0.717, 1.165) is 24.5 Å². The lowest BCUT2D eigenvalue weighted by Crippen LogP contribution is -2.38. The fraction of sp³-hybridized carbons (Fsp3) is 0.235. The van der Waals surface area contributed by atoms with Crippen LogP contribution in [0.1, 0.15) is 11.1 Å². The van der Waals surface area contributed by atoms with Crippen molar-refractivity contribution < 1.29 is 4.39 Å². The van der Waals surface area contributed by atoms with Crippen LogP contribution in [0.25, 0.3) is 0 Å². The number of hydrogen-bond acceptors (Lipinski definition) is 3. The Bertz CT molecular complexity index is 705. The van der Waals surface area contributed by atoms with Gasteiger partial charge in [-0.3, -0.25) is 0 Å². The van der Waals surface area contributed by atoms with E-state index in [-0.39, 0.29) is 5.82 Å². The topological polar surface area (TPSA) is 30.3 Å². The minimum Gasteiger partial charge on any atom is -0.371 e. The van der Waals surface area contributed by atoms with Gasteiger partial charge in [0.25, 0.3) is 0 Å². The van der Waals surface area contributed by atoms with Crippen LogP contribution in [0.2, 0.25) is 0 Å². The predicted molar refractivity (Wildman–Crippen MR) is 81.9 cm³/mol. The zero-order valence-corrected chi connectivity index (χ0v) is 11.9. The van der Waals surface area contributed by atoms with Crippen molar-refractivity contribution in [1.82, 2.24) is 0 Å². The van der Waals surface area contributed by atoms with Crippen molar-refractivity contribution >= 4 is 11.4 Å². The Labute approximate surface area is 123 Å². The van der Waals surface area contributed by atoms with Gasteiger partial charge in [0.15, 0.2) is 0 Å². The lowest BCUT2D eigenvalue weighted by atomic mass is 10.1. The molecule has 1 heterocycles. The van der Waals surface area contributed by atoms with Crippen LogP contribution in [0, 0.1) is 17.1 Å². The number of para-hydroxylation sites is 2. The van der Waals surface area contributed by atoms with Crippen molar-refractivity contribution in [2.45, 2.75) is 6.54 Å². The summed E-state index contributed by atoms with van der Waals surface area (Å²) in [5.41, 5.74) is 3.32. The normalized spacial score (nSPS) is 13.8. The fourth-order valence-corrected chi connectivity index (χ4v) is 2.70. The second-order valence-electron chi connectivity index (χ2n) is 5.25. The number of likely N-dealkylation sites (N-methyl/N-ethyl adjacent to an activating group) is 1. The maximum atomic E-state index is 14.0. The Morgan fingerprint density at radius 2 is 1.90 bits per heavy atom.